The minimum Gasteiger partial charge on any atom is -0.361 e. The van der Waals surface area contributed by atoms with E-state index in [4.69, 9.17) is 4.98 Å². The topological polar surface area (TPSA) is 70.1 Å². The highest BCUT2D eigenvalue weighted by atomic mass is 32.1. The van der Waals surface area contributed by atoms with Crippen LogP contribution in [0.3, 0.4) is 0 Å². The molecule has 0 radical (unpaired) electrons. The number of likely N-dealkylation sites (tertiary alicyclic amines) is 1. The van der Waals surface area contributed by atoms with Gasteiger partial charge in [-0.15, -0.1) is 11.3 Å². The lowest BCUT2D eigenvalue weighted by Gasteiger charge is -2.66. The Bertz CT molecular complexity index is 1410. The minimum atomic E-state index is -0.462. The van der Waals surface area contributed by atoms with Gasteiger partial charge in [-0.25, -0.2) is 19.3 Å². The fourth-order valence-corrected chi connectivity index (χ4v) is 8.03. The number of nitrogens with one attached hydrogen (secondary N) is 1. The van der Waals surface area contributed by atoms with E-state index >= 15 is 0 Å². The number of pyridine rings is 2. The first-order chi connectivity index (χ1) is 18.1. The molecular weight excluding hydrogens is 485 g/mol. The van der Waals surface area contributed by atoms with Crippen molar-refractivity contribution in [3.63, 3.8) is 0 Å². The predicted octanol–water partition coefficient (Wildman–Crippen LogP) is 5.90. The maximum Gasteiger partial charge on any atom is 0.228 e. The van der Waals surface area contributed by atoms with Crippen LogP contribution in [0, 0.1) is 11.2 Å². The molecule has 1 saturated carbocycles. The third-order valence-electron chi connectivity index (χ3n) is 8.37. The number of nitrogens with zero attached hydrogens (tertiary/aromatic N) is 6. The highest BCUT2D eigenvalue weighted by molar-refractivity contribution is 7.19. The fourth-order valence-electron chi connectivity index (χ4n) is 6.56. The molecule has 3 aliphatic rings. The van der Waals surface area contributed by atoms with E-state index in [1.807, 2.05) is 29.8 Å². The number of hydrogen-bond acceptors (Lipinski definition) is 8. The van der Waals surface area contributed by atoms with E-state index in [0.29, 0.717) is 23.7 Å². The lowest BCUT2D eigenvalue weighted by molar-refractivity contribution is -0.0559. The number of hydrogen-bond donors (Lipinski definition) is 1. The second-order valence-electron chi connectivity index (χ2n) is 10.7. The van der Waals surface area contributed by atoms with E-state index in [2.05, 4.69) is 55.2 Å². The van der Waals surface area contributed by atoms with Crippen molar-refractivity contribution in [2.24, 2.45) is 5.41 Å². The summed E-state index contributed by atoms with van der Waals surface area (Å²) in [5.74, 6) is 1.18. The van der Waals surface area contributed by atoms with Crippen LogP contribution in [0.25, 0.3) is 10.2 Å². The molecule has 4 aromatic heterocycles. The Balaban J connectivity index is 1.18. The lowest BCUT2D eigenvalue weighted by Crippen LogP contribution is -2.73. The highest BCUT2D eigenvalue weighted by Crippen LogP contribution is 2.57. The number of rotatable bonds is 6. The van der Waals surface area contributed by atoms with Crippen LogP contribution in [0.5, 0.6) is 0 Å². The average molecular weight is 516 g/mol. The van der Waals surface area contributed by atoms with Crippen molar-refractivity contribution in [2.45, 2.75) is 44.6 Å². The number of aromatic nitrogens is 4. The summed E-state index contributed by atoms with van der Waals surface area (Å²) in [6.45, 7) is 6.64. The molecule has 190 valence electrons. The summed E-state index contributed by atoms with van der Waals surface area (Å²) >= 11 is 1.96. The molecule has 7 nitrogen and oxygen atoms in total. The molecular formula is C28H30FN7S. The monoisotopic (exact) mass is 515 g/mol. The van der Waals surface area contributed by atoms with Gasteiger partial charge in [0.2, 0.25) is 5.95 Å². The first-order valence-corrected chi connectivity index (χ1v) is 14.0. The molecule has 4 aromatic rings. The summed E-state index contributed by atoms with van der Waals surface area (Å²) in [6.07, 6.45) is 11.5. The molecule has 1 atom stereocenters. The molecule has 37 heavy (non-hydrogen) atoms. The van der Waals surface area contributed by atoms with Gasteiger partial charge in [-0.05, 0) is 55.1 Å². The van der Waals surface area contributed by atoms with Crippen molar-refractivity contribution in [1.82, 2.24) is 24.8 Å². The highest BCUT2D eigenvalue weighted by Gasteiger charge is 2.60. The van der Waals surface area contributed by atoms with Crippen molar-refractivity contribution in [3.05, 3.63) is 65.3 Å². The van der Waals surface area contributed by atoms with E-state index < -0.39 is 5.82 Å². The minimum absolute atomic E-state index is 0.281. The predicted molar refractivity (Wildman–Crippen MR) is 145 cm³/mol. The maximum atomic E-state index is 13.1. The van der Waals surface area contributed by atoms with Gasteiger partial charge in [-0.3, -0.25) is 4.98 Å². The summed E-state index contributed by atoms with van der Waals surface area (Å²) < 4.78 is 14.5. The van der Waals surface area contributed by atoms with Crippen molar-refractivity contribution in [3.8, 4) is 0 Å². The van der Waals surface area contributed by atoms with Crippen LogP contribution in [0.4, 0.5) is 21.8 Å². The van der Waals surface area contributed by atoms with Gasteiger partial charge < -0.3 is 15.1 Å². The first kappa shape index (κ1) is 23.0. The van der Waals surface area contributed by atoms with Gasteiger partial charge in [-0.2, -0.15) is 0 Å². The molecule has 0 bridgehead atoms. The number of halogens is 1. The van der Waals surface area contributed by atoms with E-state index in [9.17, 15) is 4.39 Å². The molecule has 0 amide bonds. The molecule has 9 heteroatoms. The molecule has 2 saturated heterocycles. The zero-order valence-electron chi connectivity index (χ0n) is 20.9. The second-order valence-corrected chi connectivity index (χ2v) is 11.8. The number of thiophene rings is 1. The van der Waals surface area contributed by atoms with Crippen molar-refractivity contribution in [2.75, 3.05) is 36.4 Å². The van der Waals surface area contributed by atoms with E-state index in [1.165, 1.54) is 40.8 Å². The number of anilines is 3. The Morgan fingerprint density at radius 3 is 2.57 bits per heavy atom. The smallest absolute Gasteiger partial charge is 0.228 e. The molecule has 1 aliphatic carbocycles. The molecule has 1 spiro atoms. The molecule has 1 N–H and O–H groups in total. The van der Waals surface area contributed by atoms with Crippen LogP contribution < -0.4 is 10.2 Å². The Kier molecular flexibility index (Phi) is 5.58. The van der Waals surface area contributed by atoms with Crippen LogP contribution in [0.1, 0.15) is 55.0 Å². The standard InChI is InChI=1S/C28H30FN7S/c1-2-35-15-28(16-35)17-36(20-7-8-24(31-14-20)34-27-32-12-19(29)13-33-27)26(28)23-11-22-25(37-23)21(9-10-30-22)18-5-3-4-6-18/h7-14,18,26H,2-6,15-17H2,1H3,(H,31,32,33,34). The van der Waals surface area contributed by atoms with Crippen LogP contribution in [-0.4, -0.2) is 51.0 Å². The molecule has 2 aliphatic heterocycles. The van der Waals surface area contributed by atoms with Crippen molar-refractivity contribution >= 4 is 39.0 Å². The summed E-state index contributed by atoms with van der Waals surface area (Å²) in [6, 6.07) is 8.97. The summed E-state index contributed by atoms with van der Waals surface area (Å²) in [5, 5.41) is 3.05. The molecule has 1 unspecified atom stereocenters. The summed E-state index contributed by atoms with van der Waals surface area (Å²) in [7, 11) is 0. The van der Waals surface area contributed by atoms with Crippen molar-refractivity contribution in [1.29, 1.82) is 0 Å². The molecule has 3 fully saturated rings. The zero-order valence-corrected chi connectivity index (χ0v) is 21.7. The van der Waals surface area contributed by atoms with Crippen LogP contribution >= 0.6 is 11.3 Å². The largest absolute Gasteiger partial charge is 0.361 e. The Hall–Kier alpha value is -3.17. The van der Waals surface area contributed by atoms with Gasteiger partial charge in [0.1, 0.15) is 5.82 Å². The summed E-state index contributed by atoms with van der Waals surface area (Å²) in [4.78, 5) is 23.8. The average Bonchev–Trinajstić information content (AvgIpc) is 3.55. The van der Waals surface area contributed by atoms with Crippen molar-refractivity contribution < 1.29 is 4.39 Å². The number of fused-ring (bicyclic) bond motifs is 1. The zero-order chi connectivity index (χ0) is 25.0. The molecule has 7 rings (SSSR count). The normalized spacial score (nSPS) is 21.4. The second kappa shape index (κ2) is 8.99. The third kappa shape index (κ3) is 3.95. The SMILES string of the molecule is CCN1CC2(C1)CN(c1ccc(Nc3ncc(F)cn3)nc1)C2c1cc2nccc(C3CCCC3)c2s1. The van der Waals surface area contributed by atoms with Gasteiger partial charge in [0.05, 0.1) is 40.5 Å². The van der Waals surface area contributed by atoms with Crippen LogP contribution in [0.2, 0.25) is 0 Å². The van der Waals surface area contributed by atoms with Gasteiger partial charge in [0.25, 0.3) is 0 Å². The quantitative estimate of drug-likeness (QED) is 0.343. The van der Waals surface area contributed by atoms with Gasteiger partial charge in [0.15, 0.2) is 5.82 Å². The van der Waals surface area contributed by atoms with Crippen LogP contribution in [0.15, 0.2) is 49.1 Å². The van der Waals surface area contributed by atoms with Gasteiger partial charge >= 0.3 is 0 Å². The van der Waals surface area contributed by atoms with E-state index in [-0.39, 0.29) is 5.41 Å². The lowest BCUT2D eigenvalue weighted by atomic mass is 9.65. The molecule has 0 aromatic carbocycles. The first-order valence-electron chi connectivity index (χ1n) is 13.2. The summed E-state index contributed by atoms with van der Waals surface area (Å²) in [5.41, 5.74) is 4.04. The fraction of sp³-hybridized carbons (Fsp3) is 0.429. The van der Waals surface area contributed by atoms with Gasteiger partial charge in [0, 0.05) is 36.1 Å². The molecule has 6 heterocycles. The maximum absolute atomic E-state index is 13.1. The van der Waals surface area contributed by atoms with Gasteiger partial charge in [-0.1, -0.05) is 19.8 Å². The Morgan fingerprint density at radius 1 is 1.03 bits per heavy atom. The van der Waals surface area contributed by atoms with Crippen LogP contribution in [-0.2, 0) is 0 Å². The van der Waals surface area contributed by atoms with E-state index in [0.717, 1.165) is 49.8 Å². The van der Waals surface area contributed by atoms with E-state index in [1.54, 1.807) is 0 Å². The Morgan fingerprint density at radius 2 is 1.84 bits per heavy atom. The third-order valence-corrected chi connectivity index (χ3v) is 9.59. The Labute approximate surface area is 219 Å².